The number of unbranched alkanes of at least 4 members (excludes halogenated alkanes) is 1. The third-order valence-electron chi connectivity index (χ3n) is 1.70. The molecule has 1 heterocycles. The molecule has 13 heavy (non-hydrogen) atoms. The van der Waals surface area contributed by atoms with Gasteiger partial charge >= 0.3 is 0 Å². The molecular formula is C8H11N3O2. The van der Waals surface area contributed by atoms with Crippen LogP contribution < -0.4 is 5.56 Å². The van der Waals surface area contributed by atoms with Crippen molar-refractivity contribution in [2.45, 2.75) is 26.2 Å². The van der Waals surface area contributed by atoms with Crippen LogP contribution in [0.3, 0.4) is 0 Å². The third kappa shape index (κ3) is 2.47. The number of aryl methyl sites for hydroxylation is 1. The third-order valence-corrected chi connectivity index (χ3v) is 1.70. The second kappa shape index (κ2) is 4.49. The molecule has 0 atom stereocenters. The van der Waals surface area contributed by atoms with Gasteiger partial charge in [0.2, 0.25) is 0 Å². The number of aromatic nitrogens is 2. The predicted molar refractivity (Wildman–Crippen MR) is 48.9 cm³/mol. The minimum atomic E-state index is -0.462. The summed E-state index contributed by atoms with van der Waals surface area (Å²) in [5.41, 5.74) is -0.628. The van der Waals surface area contributed by atoms with Gasteiger partial charge < -0.3 is 4.98 Å². The Bertz CT molecular complexity index is 345. The molecule has 0 amide bonds. The molecule has 0 radical (unpaired) electrons. The van der Waals surface area contributed by atoms with Crippen LogP contribution in [0.2, 0.25) is 0 Å². The van der Waals surface area contributed by atoms with Crippen LogP contribution in [0.4, 0.5) is 5.69 Å². The van der Waals surface area contributed by atoms with Gasteiger partial charge in [0.25, 0.3) is 5.56 Å². The zero-order valence-corrected chi connectivity index (χ0v) is 7.41. The van der Waals surface area contributed by atoms with Crippen molar-refractivity contribution in [1.29, 1.82) is 0 Å². The van der Waals surface area contributed by atoms with E-state index in [0.717, 1.165) is 19.3 Å². The van der Waals surface area contributed by atoms with Crippen molar-refractivity contribution in [3.8, 4) is 0 Å². The monoisotopic (exact) mass is 181 g/mol. The maximum atomic E-state index is 11.0. The van der Waals surface area contributed by atoms with E-state index in [1.165, 1.54) is 6.20 Å². The Morgan fingerprint density at radius 3 is 2.92 bits per heavy atom. The standard InChI is InChI=1S/C8H11N3O2/c1-2-3-4-7-9-5-6(11-13)8(12)10-7/h5H,2-4H2,1H3,(H,9,10,12). The molecule has 70 valence electrons. The Morgan fingerprint density at radius 1 is 1.62 bits per heavy atom. The van der Waals surface area contributed by atoms with E-state index in [0.29, 0.717) is 5.82 Å². The molecule has 1 N–H and O–H groups in total. The number of nitroso groups, excluding NO2 is 1. The SMILES string of the molecule is CCCCc1ncc(N=O)c(=O)[nH]1. The summed E-state index contributed by atoms with van der Waals surface area (Å²) in [4.78, 5) is 27.5. The van der Waals surface area contributed by atoms with Gasteiger partial charge in [0.15, 0.2) is 5.69 Å². The summed E-state index contributed by atoms with van der Waals surface area (Å²) in [6.45, 7) is 2.06. The van der Waals surface area contributed by atoms with Gasteiger partial charge in [-0.3, -0.25) is 4.79 Å². The lowest BCUT2D eigenvalue weighted by Gasteiger charge is -1.97. The molecule has 0 saturated heterocycles. The molecule has 0 aromatic carbocycles. The quantitative estimate of drug-likeness (QED) is 0.715. The van der Waals surface area contributed by atoms with Crippen LogP contribution in [0.15, 0.2) is 16.2 Å². The summed E-state index contributed by atoms with van der Waals surface area (Å²) >= 11 is 0. The van der Waals surface area contributed by atoms with Crippen molar-refractivity contribution in [2.75, 3.05) is 0 Å². The highest BCUT2D eigenvalue weighted by Gasteiger charge is 2.01. The Hall–Kier alpha value is -1.52. The molecule has 0 saturated carbocycles. The second-order valence-electron chi connectivity index (χ2n) is 2.74. The van der Waals surface area contributed by atoms with Crippen molar-refractivity contribution >= 4 is 5.69 Å². The normalized spacial score (nSPS) is 9.92. The van der Waals surface area contributed by atoms with Crippen molar-refractivity contribution in [3.05, 3.63) is 27.3 Å². The molecule has 0 aliphatic rings. The first kappa shape index (κ1) is 9.57. The number of nitrogens with one attached hydrogen (secondary N) is 1. The molecule has 0 unspecified atom stereocenters. The average Bonchev–Trinajstić information content (AvgIpc) is 2.15. The molecule has 0 bridgehead atoms. The Kier molecular flexibility index (Phi) is 3.31. The fraction of sp³-hybridized carbons (Fsp3) is 0.500. The lowest BCUT2D eigenvalue weighted by Crippen LogP contribution is -2.10. The van der Waals surface area contributed by atoms with Gasteiger partial charge in [-0.25, -0.2) is 4.98 Å². The highest BCUT2D eigenvalue weighted by Crippen LogP contribution is 2.01. The molecule has 1 aromatic rings. The first-order chi connectivity index (χ1) is 6.27. The molecule has 0 aliphatic carbocycles. The van der Waals surface area contributed by atoms with Gasteiger partial charge in [-0.1, -0.05) is 13.3 Å². The molecule has 1 rings (SSSR count). The number of aromatic amines is 1. The Labute approximate surface area is 75.2 Å². The van der Waals surface area contributed by atoms with Crippen LogP contribution in [-0.2, 0) is 6.42 Å². The van der Waals surface area contributed by atoms with E-state index in [9.17, 15) is 9.70 Å². The van der Waals surface area contributed by atoms with Crippen molar-refractivity contribution in [2.24, 2.45) is 5.18 Å². The number of hydrogen-bond donors (Lipinski definition) is 1. The topological polar surface area (TPSA) is 75.2 Å². The maximum Gasteiger partial charge on any atom is 0.280 e. The molecule has 1 aromatic heterocycles. The summed E-state index contributed by atoms with van der Waals surface area (Å²) < 4.78 is 0. The van der Waals surface area contributed by atoms with Crippen molar-refractivity contribution in [1.82, 2.24) is 9.97 Å². The Morgan fingerprint density at radius 2 is 2.38 bits per heavy atom. The highest BCUT2D eigenvalue weighted by molar-refractivity contribution is 5.29. The highest BCUT2D eigenvalue weighted by atomic mass is 16.3. The second-order valence-corrected chi connectivity index (χ2v) is 2.74. The van der Waals surface area contributed by atoms with Crippen molar-refractivity contribution < 1.29 is 0 Å². The molecule has 5 heteroatoms. The van der Waals surface area contributed by atoms with E-state index in [-0.39, 0.29) is 5.69 Å². The molecular weight excluding hydrogens is 170 g/mol. The summed E-state index contributed by atoms with van der Waals surface area (Å²) in [5.74, 6) is 0.610. The molecule has 0 fully saturated rings. The average molecular weight is 181 g/mol. The van der Waals surface area contributed by atoms with E-state index in [1.54, 1.807) is 0 Å². The van der Waals surface area contributed by atoms with Crippen LogP contribution in [0.1, 0.15) is 25.6 Å². The van der Waals surface area contributed by atoms with Gasteiger partial charge in [-0.2, -0.15) is 0 Å². The van der Waals surface area contributed by atoms with Crippen LogP contribution in [-0.4, -0.2) is 9.97 Å². The number of rotatable bonds is 4. The van der Waals surface area contributed by atoms with E-state index >= 15 is 0 Å². The zero-order chi connectivity index (χ0) is 9.68. The minimum absolute atomic E-state index is 0.166. The zero-order valence-electron chi connectivity index (χ0n) is 7.41. The first-order valence-corrected chi connectivity index (χ1v) is 4.19. The maximum absolute atomic E-state index is 11.0. The summed E-state index contributed by atoms with van der Waals surface area (Å²) in [6, 6.07) is 0. The molecule has 0 aliphatic heterocycles. The van der Waals surface area contributed by atoms with E-state index in [2.05, 4.69) is 22.1 Å². The van der Waals surface area contributed by atoms with Gasteiger partial charge in [0.1, 0.15) is 5.82 Å². The lowest BCUT2D eigenvalue weighted by atomic mass is 10.2. The van der Waals surface area contributed by atoms with E-state index < -0.39 is 5.56 Å². The largest absolute Gasteiger partial charge is 0.309 e. The van der Waals surface area contributed by atoms with E-state index in [4.69, 9.17) is 0 Å². The van der Waals surface area contributed by atoms with Gasteiger partial charge in [-0.15, -0.1) is 4.91 Å². The summed E-state index contributed by atoms with van der Waals surface area (Å²) in [5, 5.41) is 2.54. The summed E-state index contributed by atoms with van der Waals surface area (Å²) in [7, 11) is 0. The van der Waals surface area contributed by atoms with Crippen LogP contribution in [0.25, 0.3) is 0 Å². The minimum Gasteiger partial charge on any atom is -0.309 e. The smallest absolute Gasteiger partial charge is 0.280 e. The number of H-pyrrole nitrogens is 1. The van der Waals surface area contributed by atoms with Crippen LogP contribution >= 0.6 is 0 Å². The van der Waals surface area contributed by atoms with Gasteiger partial charge in [0, 0.05) is 6.42 Å². The predicted octanol–water partition coefficient (Wildman–Crippen LogP) is 1.51. The molecule has 0 spiro atoms. The van der Waals surface area contributed by atoms with Gasteiger partial charge in [0.05, 0.1) is 6.20 Å². The van der Waals surface area contributed by atoms with Crippen LogP contribution in [0, 0.1) is 4.91 Å². The van der Waals surface area contributed by atoms with Gasteiger partial charge in [-0.05, 0) is 11.6 Å². The van der Waals surface area contributed by atoms with E-state index in [1.807, 2.05) is 0 Å². The fourth-order valence-electron chi connectivity index (χ4n) is 0.961. The molecule has 5 nitrogen and oxygen atoms in total. The van der Waals surface area contributed by atoms with Crippen LogP contribution in [0.5, 0.6) is 0 Å². The Balaban J connectivity index is 2.83. The number of nitrogens with zero attached hydrogens (tertiary/aromatic N) is 2. The first-order valence-electron chi connectivity index (χ1n) is 4.19. The lowest BCUT2D eigenvalue weighted by molar-refractivity contribution is 0.748. The number of hydrogen-bond acceptors (Lipinski definition) is 4. The fourth-order valence-corrected chi connectivity index (χ4v) is 0.961. The van der Waals surface area contributed by atoms with Crippen molar-refractivity contribution in [3.63, 3.8) is 0 Å². The summed E-state index contributed by atoms with van der Waals surface area (Å²) in [6.07, 6.45) is 3.94.